The number of para-hydroxylation sites is 2. The second kappa shape index (κ2) is 7.26. The lowest BCUT2D eigenvalue weighted by Gasteiger charge is -2.20. The lowest BCUT2D eigenvalue weighted by atomic mass is 9.88. The highest BCUT2D eigenvalue weighted by molar-refractivity contribution is 6.32. The number of esters is 2. The number of aliphatic carboxylic acids is 2. The summed E-state index contributed by atoms with van der Waals surface area (Å²) in [7, 11) is 0. The van der Waals surface area contributed by atoms with Crippen LogP contribution in [0.15, 0.2) is 60.7 Å². The molecule has 0 aliphatic heterocycles. The maximum Gasteiger partial charge on any atom is 0.356 e. The highest BCUT2D eigenvalue weighted by Crippen LogP contribution is 2.26. The molecule has 2 aromatic carbocycles. The predicted octanol–water partition coefficient (Wildman–Crippen LogP) is 1.35. The van der Waals surface area contributed by atoms with Crippen molar-refractivity contribution < 1.29 is 38.9 Å². The molecule has 0 heterocycles. The Kier molecular flexibility index (Phi) is 5.13. The van der Waals surface area contributed by atoms with Crippen LogP contribution in [0.1, 0.15) is 0 Å². The van der Waals surface area contributed by atoms with E-state index < -0.39 is 29.3 Å². The van der Waals surface area contributed by atoms with Crippen molar-refractivity contribution in [3.8, 4) is 11.5 Å². The van der Waals surface area contributed by atoms with Gasteiger partial charge in [0.25, 0.3) is 0 Å². The maximum absolute atomic E-state index is 12.3. The van der Waals surface area contributed by atoms with Crippen molar-refractivity contribution in [1.82, 2.24) is 0 Å². The van der Waals surface area contributed by atoms with Crippen LogP contribution in [-0.4, -0.2) is 34.1 Å². The molecule has 0 bridgehead atoms. The lowest BCUT2D eigenvalue weighted by Crippen LogP contribution is -2.56. The van der Waals surface area contributed by atoms with E-state index in [9.17, 15) is 29.4 Å². The molecule has 8 heteroatoms. The van der Waals surface area contributed by atoms with E-state index in [0.717, 1.165) is 0 Å². The van der Waals surface area contributed by atoms with Crippen molar-refractivity contribution in [2.45, 2.75) is 0 Å². The second-order valence-electron chi connectivity index (χ2n) is 4.77. The summed E-state index contributed by atoms with van der Waals surface area (Å²) in [5.74, 6) is -8.26. The molecule has 0 aliphatic carbocycles. The zero-order valence-electron chi connectivity index (χ0n) is 12.6. The third-order valence-corrected chi connectivity index (χ3v) is 3.16. The van der Waals surface area contributed by atoms with Gasteiger partial charge < -0.3 is 19.7 Å². The van der Waals surface area contributed by atoms with Gasteiger partial charge in [0.05, 0.1) is 0 Å². The molecule has 2 N–H and O–H groups in total. The quantitative estimate of drug-likeness (QED) is 0.457. The molecule has 0 saturated heterocycles. The van der Waals surface area contributed by atoms with Gasteiger partial charge >= 0.3 is 29.3 Å². The van der Waals surface area contributed by atoms with Gasteiger partial charge in [0.1, 0.15) is 11.5 Å². The van der Waals surface area contributed by atoms with Crippen LogP contribution in [0.4, 0.5) is 0 Å². The van der Waals surface area contributed by atoms with Gasteiger partial charge in [0, 0.05) is 0 Å². The number of carboxylic acid groups (broad SMARTS) is 2. The molecule has 128 valence electrons. The van der Waals surface area contributed by atoms with Gasteiger partial charge in [-0.1, -0.05) is 36.4 Å². The number of hydrogen-bond donors (Lipinski definition) is 2. The lowest BCUT2D eigenvalue weighted by molar-refractivity contribution is -0.181. The zero-order chi connectivity index (χ0) is 18.4. The topological polar surface area (TPSA) is 127 Å². The number of carbonyl (C=O) groups is 4. The summed E-state index contributed by atoms with van der Waals surface area (Å²) < 4.78 is 9.52. The van der Waals surface area contributed by atoms with Crippen molar-refractivity contribution in [2.75, 3.05) is 0 Å². The molecule has 0 saturated carbocycles. The van der Waals surface area contributed by atoms with Crippen LogP contribution in [0, 0.1) is 5.41 Å². The molecular formula is C17H12O8. The van der Waals surface area contributed by atoms with Gasteiger partial charge in [-0.25, -0.2) is 19.2 Å². The van der Waals surface area contributed by atoms with Gasteiger partial charge in [-0.3, -0.25) is 0 Å². The third-order valence-electron chi connectivity index (χ3n) is 3.16. The van der Waals surface area contributed by atoms with Crippen LogP contribution in [0.3, 0.4) is 0 Å². The summed E-state index contributed by atoms with van der Waals surface area (Å²) in [5, 5.41) is 18.6. The van der Waals surface area contributed by atoms with Gasteiger partial charge in [-0.15, -0.1) is 0 Å². The number of carboxylic acids is 2. The fourth-order valence-corrected chi connectivity index (χ4v) is 1.87. The standard InChI is InChI=1S/C17H12O8/c18-13(19)17(14(20)21,15(22)24-11-7-3-1-4-8-11)16(23)25-12-9-5-2-6-10-12/h1-10H,(H,18,19)(H,20,21). The Morgan fingerprint density at radius 3 is 1.24 bits per heavy atom. The van der Waals surface area contributed by atoms with Crippen LogP contribution in [-0.2, 0) is 19.2 Å². The predicted molar refractivity (Wildman–Crippen MR) is 81.9 cm³/mol. The molecule has 8 nitrogen and oxygen atoms in total. The van der Waals surface area contributed by atoms with Crippen LogP contribution in [0.5, 0.6) is 11.5 Å². The molecule has 0 fully saturated rings. The van der Waals surface area contributed by atoms with E-state index in [2.05, 4.69) is 0 Å². The number of hydrogen-bond acceptors (Lipinski definition) is 6. The second-order valence-corrected chi connectivity index (χ2v) is 4.77. The molecule has 0 amide bonds. The van der Waals surface area contributed by atoms with Gasteiger partial charge in [-0.2, -0.15) is 0 Å². The molecule has 0 aromatic heterocycles. The van der Waals surface area contributed by atoms with E-state index in [1.165, 1.54) is 48.5 Å². The molecule has 2 rings (SSSR count). The number of rotatable bonds is 6. The van der Waals surface area contributed by atoms with E-state index in [1.807, 2.05) is 0 Å². The molecule has 0 spiro atoms. The average molecular weight is 344 g/mol. The molecule has 2 aromatic rings. The molecule has 0 atom stereocenters. The monoisotopic (exact) mass is 344 g/mol. The van der Waals surface area contributed by atoms with E-state index in [-0.39, 0.29) is 11.5 Å². The third kappa shape index (κ3) is 3.47. The summed E-state index contributed by atoms with van der Waals surface area (Å²) in [6.45, 7) is 0. The summed E-state index contributed by atoms with van der Waals surface area (Å²) in [6.07, 6.45) is 0. The first-order chi connectivity index (χ1) is 11.9. The molecule has 0 aliphatic rings. The normalized spacial score (nSPS) is 10.6. The summed E-state index contributed by atoms with van der Waals surface area (Å²) in [5.41, 5.74) is -3.56. The highest BCUT2D eigenvalue weighted by atomic mass is 16.6. The molecular weight excluding hydrogens is 332 g/mol. The SMILES string of the molecule is O=C(O)C(C(=O)O)(C(=O)Oc1ccccc1)C(=O)Oc1ccccc1. The largest absolute Gasteiger partial charge is 0.480 e. The van der Waals surface area contributed by atoms with Crippen molar-refractivity contribution >= 4 is 23.9 Å². The Bertz CT molecular complexity index is 728. The molecule has 0 unspecified atom stereocenters. The minimum Gasteiger partial charge on any atom is -0.480 e. The Labute approximate surface area is 141 Å². The van der Waals surface area contributed by atoms with E-state index >= 15 is 0 Å². The van der Waals surface area contributed by atoms with Crippen molar-refractivity contribution in [3.63, 3.8) is 0 Å². The van der Waals surface area contributed by atoms with Crippen LogP contribution < -0.4 is 9.47 Å². The fourth-order valence-electron chi connectivity index (χ4n) is 1.87. The van der Waals surface area contributed by atoms with E-state index in [4.69, 9.17) is 9.47 Å². The highest BCUT2D eigenvalue weighted by Gasteiger charge is 2.64. The number of carbonyl (C=O) groups excluding carboxylic acids is 2. The van der Waals surface area contributed by atoms with Gasteiger partial charge in [0.2, 0.25) is 0 Å². The fraction of sp³-hybridized carbons (Fsp3) is 0.0588. The summed E-state index contributed by atoms with van der Waals surface area (Å²) >= 11 is 0. The zero-order valence-corrected chi connectivity index (χ0v) is 12.6. The van der Waals surface area contributed by atoms with Crippen LogP contribution >= 0.6 is 0 Å². The average Bonchev–Trinajstić information content (AvgIpc) is 2.56. The number of ether oxygens (including phenoxy) is 2. The number of benzene rings is 2. The Balaban J connectivity index is 2.39. The Hall–Kier alpha value is -3.68. The Morgan fingerprint density at radius 1 is 0.640 bits per heavy atom. The molecule has 0 radical (unpaired) electrons. The smallest absolute Gasteiger partial charge is 0.356 e. The first-order valence-corrected chi connectivity index (χ1v) is 6.90. The van der Waals surface area contributed by atoms with Gasteiger partial charge in [-0.05, 0) is 24.3 Å². The minimum absolute atomic E-state index is 0.119. The molecule has 25 heavy (non-hydrogen) atoms. The van der Waals surface area contributed by atoms with E-state index in [1.54, 1.807) is 12.1 Å². The van der Waals surface area contributed by atoms with Crippen molar-refractivity contribution in [1.29, 1.82) is 0 Å². The summed E-state index contributed by atoms with van der Waals surface area (Å²) in [6, 6.07) is 14.3. The van der Waals surface area contributed by atoms with Crippen LogP contribution in [0.25, 0.3) is 0 Å². The first kappa shape index (κ1) is 17.7. The van der Waals surface area contributed by atoms with Gasteiger partial charge in [0.15, 0.2) is 0 Å². The minimum atomic E-state index is -3.56. The Morgan fingerprint density at radius 2 is 0.960 bits per heavy atom. The van der Waals surface area contributed by atoms with Crippen molar-refractivity contribution in [2.24, 2.45) is 5.41 Å². The maximum atomic E-state index is 12.3. The van der Waals surface area contributed by atoms with Crippen LogP contribution in [0.2, 0.25) is 0 Å². The summed E-state index contributed by atoms with van der Waals surface area (Å²) in [4.78, 5) is 47.6. The first-order valence-electron chi connectivity index (χ1n) is 6.90. The van der Waals surface area contributed by atoms with E-state index in [0.29, 0.717) is 0 Å². The van der Waals surface area contributed by atoms with Crippen molar-refractivity contribution in [3.05, 3.63) is 60.7 Å².